The summed E-state index contributed by atoms with van der Waals surface area (Å²) in [5, 5.41) is 10.1. The van der Waals surface area contributed by atoms with E-state index in [9.17, 15) is 5.11 Å². The van der Waals surface area contributed by atoms with Gasteiger partial charge in [0, 0.05) is 6.54 Å². The molecule has 0 aliphatic carbocycles. The molecule has 20 heavy (non-hydrogen) atoms. The Kier molecular flexibility index (Phi) is 6.89. The minimum atomic E-state index is -0.407. The quantitative estimate of drug-likeness (QED) is 0.897. The van der Waals surface area contributed by atoms with Crippen LogP contribution in [0.5, 0.6) is 5.75 Å². The second-order valence-electron chi connectivity index (χ2n) is 5.70. The zero-order valence-electron chi connectivity index (χ0n) is 12.3. The molecule has 3 heteroatoms. The van der Waals surface area contributed by atoms with E-state index >= 15 is 0 Å². The predicted molar refractivity (Wildman–Crippen MR) is 82.1 cm³/mol. The Labute approximate surface area is 122 Å². The summed E-state index contributed by atoms with van der Waals surface area (Å²) in [7, 11) is 0. The first-order valence-electron chi connectivity index (χ1n) is 7.93. The van der Waals surface area contributed by atoms with E-state index in [0.717, 1.165) is 25.4 Å². The topological polar surface area (TPSA) is 32.7 Å². The molecule has 1 aromatic carbocycles. The van der Waals surface area contributed by atoms with Crippen LogP contribution in [0.4, 0.5) is 0 Å². The number of hydrogen-bond acceptors (Lipinski definition) is 3. The molecule has 1 atom stereocenters. The lowest BCUT2D eigenvalue weighted by molar-refractivity contribution is 0.0675. The molecule has 1 N–H and O–H groups in total. The highest BCUT2D eigenvalue weighted by Gasteiger charge is 2.13. The van der Waals surface area contributed by atoms with Gasteiger partial charge in [-0.1, -0.05) is 43.9 Å². The number of hydrogen-bond donors (Lipinski definition) is 1. The van der Waals surface area contributed by atoms with Crippen molar-refractivity contribution in [2.45, 2.75) is 44.6 Å². The van der Waals surface area contributed by atoms with Crippen molar-refractivity contribution in [1.82, 2.24) is 4.90 Å². The maximum atomic E-state index is 10.1. The summed E-state index contributed by atoms with van der Waals surface area (Å²) < 4.78 is 5.61. The lowest BCUT2D eigenvalue weighted by atomic mass is 10.1. The number of para-hydroxylation sites is 1. The lowest BCUT2D eigenvalue weighted by Crippen LogP contribution is -2.36. The van der Waals surface area contributed by atoms with Crippen LogP contribution in [0.3, 0.4) is 0 Å². The third-order valence-electron chi connectivity index (χ3n) is 3.85. The molecule has 2 rings (SSSR count). The Morgan fingerprint density at radius 2 is 1.55 bits per heavy atom. The molecule has 112 valence electrons. The number of aliphatic hydroxyl groups is 1. The summed E-state index contributed by atoms with van der Waals surface area (Å²) >= 11 is 0. The zero-order chi connectivity index (χ0) is 14.0. The molecule has 1 heterocycles. The fourth-order valence-electron chi connectivity index (χ4n) is 2.73. The molecule has 0 saturated carbocycles. The van der Waals surface area contributed by atoms with Crippen LogP contribution in [-0.4, -0.2) is 42.4 Å². The van der Waals surface area contributed by atoms with E-state index in [2.05, 4.69) is 4.90 Å². The van der Waals surface area contributed by atoms with Crippen molar-refractivity contribution in [1.29, 1.82) is 0 Å². The zero-order valence-corrected chi connectivity index (χ0v) is 12.3. The number of benzene rings is 1. The molecule has 0 aromatic heterocycles. The molecule has 0 spiro atoms. The second kappa shape index (κ2) is 8.98. The third kappa shape index (κ3) is 5.93. The Morgan fingerprint density at radius 1 is 0.950 bits per heavy atom. The van der Waals surface area contributed by atoms with E-state index in [1.54, 1.807) is 0 Å². The van der Waals surface area contributed by atoms with Crippen molar-refractivity contribution in [2.24, 2.45) is 0 Å². The highest BCUT2D eigenvalue weighted by atomic mass is 16.5. The first-order chi connectivity index (χ1) is 9.84. The summed E-state index contributed by atoms with van der Waals surface area (Å²) in [6.45, 7) is 3.33. The number of rotatable bonds is 5. The Hall–Kier alpha value is -1.06. The van der Waals surface area contributed by atoms with Gasteiger partial charge in [-0.15, -0.1) is 0 Å². The Balaban J connectivity index is 1.70. The van der Waals surface area contributed by atoms with Crippen molar-refractivity contribution >= 4 is 0 Å². The van der Waals surface area contributed by atoms with Crippen LogP contribution >= 0.6 is 0 Å². The maximum Gasteiger partial charge on any atom is 0.119 e. The van der Waals surface area contributed by atoms with Crippen molar-refractivity contribution < 1.29 is 9.84 Å². The van der Waals surface area contributed by atoms with Crippen LogP contribution < -0.4 is 4.74 Å². The van der Waals surface area contributed by atoms with Gasteiger partial charge in [0.2, 0.25) is 0 Å². The van der Waals surface area contributed by atoms with Gasteiger partial charge in [-0.2, -0.15) is 0 Å². The highest BCUT2D eigenvalue weighted by molar-refractivity contribution is 5.20. The van der Waals surface area contributed by atoms with Crippen molar-refractivity contribution in [3.05, 3.63) is 30.3 Å². The highest BCUT2D eigenvalue weighted by Crippen LogP contribution is 2.12. The van der Waals surface area contributed by atoms with E-state index in [4.69, 9.17) is 4.74 Å². The van der Waals surface area contributed by atoms with Gasteiger partial charge in [0.25, 0.3) is 0 Å². The van der Waals surface area contributed by atoms with Crippen LogP contribution in [0.15, 0.2) is 30.3 Å². The Bertz CT molecular complexity index is 345. The number of β-amino-alcohol motifs (C(OH)–C–C–N with tert-alkyl or cyclic N) is 1. The average Bonchev–Trinajstić information content (AvgIpc) is 2.60. The molecule has 1 aliphatic heterocycles. The van der Waals surface area contributed by atoms with E-state index in [1.807, 2.05) is 30.3 Å². The van der Waals surface area contributed by atoms with Crippen molar-refractivity contribution in [2.75, 3.05) is 26.2 Å². The molecule has 1 aliphatic rings. The summed E-state index contributed by atoms with van der Waals surface area (Å²) in [5.74, 6) is 0.830. The van der Waals surface area contributed by atoms with Crippen molar-refractivity contribution in [3.8, 4) is 5.75 Å². The molecular formula is C17H27NO2. The molecule has 1 unspecified atom stereocenters. The fraction of sp³-hybridized carbons (Fsp3) is 0.647. The standard InChI is InChI=1S/C17H27NO2/c19-16(15-20-17-10-6-5-7-11-17)14-18-12-8-3-1-2-4-9-13-18/h5-7,10-11,16,19H,1-4,8-9,12-15H2. The number of ether oxygens (including phenoxy) is 1. The van der Waals surface area contributed by atoms with Gasteiger partial charge in [0.05, 0.1) is 0 Å². The monoisotopic (exact) mass is 277 g/mol. The minimum absolute atomic E-state index is 0.376. The van der Waals surface area contributed by atoms with Gasteiger partial charge >= 0.3 is 0 Å². The normalized spacial score (nSPS) is 19.6. The van der Waals surface area contributed by atoms with Gasteiger partial charge < -0.3 is 14.7 Å². The number of aliphatic hydroxyl groups excluding tert-OH is 1. The molecule has 0 bridgehead atoms. The predicted octanol–water partition coefficient (Wildman–Crippen LogP) is 3.08. The molecular weight excluding hydrogens is 250 g/mol. The minimum Gasteiger partial charge on any atom is -0.491 e. The lowest BCUT2D eigenvalue weighted by Gasteiger charge is -2.24. The summed E-state index contributed by atoms with van der Waals surface area (Å²) in [4.78, 5) is 2.39. The SMILES string of the molecule is OC(COc1ccccc1)CN1CCCCCCCC1. The van der Waals surface area contributed by atoms with Gasteiger partial charge in [-0.3, -0.25) is 0 Å². The molecule has 3 nitrogen and oxygen atoms in total. The van der Waals surface area contributed by atoms with Gasteiger partial charge in [-0.05, 0) is 38.1 Å². The van der Waals surface area contributed by atoms with Gasteiger partial charge in [-0.25, -0.2) is 0 Å². The second-order valence-corrected chi connectivity index (χ2v) is 5.70. The van der Waals surface area contributed by atoms with E-state index in [-0.39, 0.29) is 0 Å². The maximum absolute atomic E-state index is 10.1. The third-order valence-corrected chi connectivity index (χ3v) is 3.85. The molecule has 1 fully saturated rings. The smallest absolute Gasteiger partial charge is 0.119 e. The van der Waals surface area contributed by atoms with Gasteiger partial charge in [0.1, 0.15) is 18.5 Å². The molecule has 0 radical (unpaired) electrons. The van der Waals surface area contributed by atoms with Crippen LogP contribution in [-0.2, 0) is 0 Å². The van der Waals surface area contributed by atoms with E-state index in [1.165, 1.54) is 38.5 Å². The summed E-state index contributed by atoms with van der Waals surface area (Å²) in [6, 6.07) is 9.71. The Morgan fingerprint density at radius 3 is 2.20 bits per heavy atom. The molecule has 0 amide bonds. The fourth-order valence-corrected chi connectivity index (χ4v) is 2.73. The van der Waals surface area contributed by atoms with Crippen LogP contribution in [0.1, 0.15) is 38.5 Å². The average molecular weight is 277 g/mol. The summed E-state index contributed by atoms with van der Waals surface area (Å²) in [6.07, 6.45) is 7.50. The van der Waals surface area contributed by atoms with Crippen molar-refractivity contribution in [3.63, 3.8) is 0 Å². The largest absolute Gasteiger partial charge is 0.491 e. The summed E-state index contributed by atoms with van der Waals surface area (Å²) in [5.41, 5.74) is 0. The molecule has 1 aromatic rings. The first kappa shape index (κ1) is 15.3. The molecule has 1 saturated heterocycles. The van der Waals surface area contributed by atoms with Crippen LogP contribution in [0.25, 0.3) is 0 Å². The van der Waals surface area contributed by atoms with E-state index in [0.29, 0.717) is 6.61 Å². The van der Waals surface area contributed by atoms with E-state index < -0.39 is 6.10 Å². The first-order valence-corrected chi connectivity index (χ1v) is 7.93. The number of nitrogens with zero attached hydrogens (tertiary/aromatic N) is 1. The van der Waals surface area contributed by atoms with Crippen LogP contribution in [0, 0.1) is 0 Å². The van der Waals surface area contributed by atoms with Crippen LogP contribution in [0.2, 0.25) is 0 Å². The van der Waals surface area contributed by atoms with Gasteiger partial charge in [0.15, 0.2) is 0 Å².